The van der Waals surface area contributed by atoms with Gasteiger partial charge in [0.1, 0.15) is 5.82 Å². The summed E-state index contributed by atoms with van der Waals surface area (Å²) in [5.41, 5.74) is 1.08. The van der Waals surface area contributed by atoms with Gasteiger partial charge in [-0.05, 0) is 44.7 Å². The molecule has 2 aliphatic heterocycles. The molecule has 7 nitrogen and oxygen atoms in total. The lowest BCUT2D eigenvalue weighted by Gasteiger charge is -2.39. The summed E-state index contributed by atoms with van der Waals surface area (Å²) in [5, 5.41) is 3.35. The minimum atomic E-state index is -3.06. The number of pyridine rings is 1. The zero-order valence-corrected chi connectivity index (χ0v) is 17.4. The molecular formula is C19H31N5O2S. The van der Waals surface area contributed by atoms with Crippen LogP contribution in [0.3, 0.4) is 0 Å². The predicted octanol–water partition coefficient (Wildman–Crippen LogP) is 1.66. The Morgan fingerprint density at radius 3 is 2.56 bits per heavy atom. The summed E-state index contributed by atoms with van der Waals surface area (Å²) in [6, 6.07) is 4.18. The second-order valence-corrected chi connectivity index (χ2v) is 10.7. The van der Waals surface area contributed by atoms with Crippen LogP contribution < -0.4 is 10.2 Å². The number of nitrogens with one attached hydrogen (secondary N) is 1. The van der Waals surface area contributed by atoms with E-state index >= 15 is 0 Å². The number of anilines is 1. The van der Waals surface area contributed by atoms with Gasteiger partial charge in [0.05, 0.1) is 10.5 Å². The molecule has 0 spiro atoms. The zero-order chi connectivity index (χ0) is 19.5. The van der Waals surface area contributed by atoms with E-state index in [1.165, 1.54) is 19.3 Å². The van der Waals surface area contributed by atoms with E-state index in [9.17, 15) is 8.42 Å². The summed E-state index contributed by atoms with van der Waals surface area (Å²) < 4.78 is 23.6. The molecule has 3 rings (SSSR count). The van der Waals surface area contributed by atoms with Crippen LogP contribution in [0.5, 0.6) is 0 Å². The molecule has 0 bridgehead atoms. The maximum absolute atomic E-state index is 12.2. The maximum Gasteiger partial charge on any atom is 0.193 e. The van der Waals surface area contributed by atoms with Gasteiger partial charge >= 0.3 is 0 Å². The Balaban J connectivity index is 1.58. The molecule has 8 heteroatoms. The van der Waals surface area contributed by atoms with Crippen LogP contribution in [0, 0.1) is 0 Å². The van der Waals surface area contributed by atoms with E-state index in [2.05, 4.69) is 32.3 Å². The standard InChI is InChI=1S/C19H31N5O2S/c1-19(2)15-24(11-12-27(19,25)26)18(20-3)22-14-16-7-8-17(21-13-16)23-9-5-4-6-10-23/h7-8,13H,4-6,9-12,14-15H2,1-3H3,(H,20,22). The number of hydrogen-bond acceptors (Lipinski definition) is 5. The normalized spacial score (nSPS) is 22.6. The van der Waals surface area contributed by atoms with Crippen molar-refractivity contribution in [3.63, 3.8) is 0 Å². The number of piperidine rings is 1. The molecule has 2 aliphatic rings. The molecule has 1 aromatic heterocycles. The van der Waals surface area contributed by atoms with Crippen LogP contribution in [0.2, 0.25) is 0 Å². The van der Waals surface area contributed by atoms with Crippen molar-refractivity contribution >= 4 is 21.6 Å². The Morgan fingerprint density at radius 2 is 1.96 bits per heavy atom. The van der Waals surface area contributed by atoms with Crippen molar-refractivity contribution in [2.75, 3.05) is 43.9 Å². The summed E-state index contributed by atoms with van der Waals surface area (Å²) in [4.78, 5) is 13.3. The molecule has 1 N–H and O–H groups in total. The third kappa shape index (κ3) is 4.54. The van der Waals surface area contributed by atoms with Gasteiger partial charge in [-0.15, -0.1) is 0 Å². The van der Waals surface area contributed by atoms with Crippen LogP contribution in [0.15, 0.2) is 23.3 Å². The smallest absolute Gasteiger partial charge is 0.193 e. The predicted molar refractivity (Wildman–Crippen MR) is 110 cm³/mol. The highest BCUT2D eigenvalue weighted by Gasteiger charge is 2.40. The highest BCUT2D eigenvalue weighted by Crippen LogP contribution is 2.24. The lowest BCUT2D eigenvalue weighted by molar-refractivity contribution is 0.353. The minimum absolute atomic E-state index is 0.160. The molecule has 3 heterocycles. The molecule has 0 radical (unpaired) electrons. The van der Waals surface area contributed by atoms with Crippen LogP contribution >= 0.6 is 0 Å². The fraction of sp³-hybridized carbons (Fsp3) is 0.684. The quantitative estimate of drug-likeness (QED) is 0.622. The van der Waals surface area contributed by atoms with Gasteiger partial charge in [-0.1, -0.05) is 6.07 Å². The molecule has 1 aromatic rings. The van der Waals surface area contributed by atoms with Crippen molar-refractivity contribution < 1.29 is 8.42 Å². The summed E-state index contributed by atoms with van der Waals surface area (Å²) in [5.74, 6) is 1.94. The molecule has 0 aliphatic carbocycles. The van der Waals surface area contributed by atoms with Gasteiger partial charge in [-0.3, -0.25) is 4.99 Å². The van der Waals surface area contributed by atoms with E-state index in [1.807, 2.05) is 11.1 Å². The van der Waals surface area contributed by atoms with Gasteiger partial charge in [0.15, 0.2) is 15.8 Å². The Bertz CT molecular complexity index is 768. The molecule has 0 saturated carbocycles. The van der Waals surface area contributed by atoms with Crippen LogP contribution in [0.4, 0.5) is 5.82 Å². The van der Waals surface area contributed by atoms with Gasteiger partial charge in [0.2, 0.25) is 0 Å². The zero-order valence-electron chi connectivity index (χ0n) is 16.6. The minimum Gasteiger partial charge on any atom is -0.357 e. The summed E-state index contributed by atoms with van der Waals surface area (Å²) in [6.07, 6.45) is 5.70. The fourth-order valence-corrected chi connectivity index (χ4v) is 5.04. The second-order valence-electron chi connectivity index (χ2n) is 7.97. The van der Waals surface area contributed by atoms with Gasteiger partial charge in [0, 0.05) is 46.0 Å². The van der Waals surface area contributed by atoms with Crippen molar-refractivity contribution in [1.82, 2.24) is 15.2 Å². The Kier molecular flexibility index (Phi) is 5.93. The Morgan fingerprint density at radius 1 is 1.22 bits per heavy atom. The van der Waals surface area contributed by atoms with Crippen LogP contribution in [0.1, 0.15) is 38.7 Å². The first-order valence-corrected chi connectivity index (χ1v) is 11.4. The molecule has 0 atom stereocenters. The third-order valence-electron chi connectivity index (χ3n) is 5.49. The first-order chi connectivity index (χ1) is 12.8. The maximum atomic E-state index is 12.2. The SMILES string of the molecule is CN=C(NCc1ccc(N2CCCCC2)nc1)N1CCS(=O)(=O)C(C)(C)C1. The van der Waals surface area contributed by atoms with E-state index in [4.69, 9.17) is 0 Å². The molecule has 0 aromatic carbocycles. The van der Waals surface area contributed by atoms with Crippen molar-refractivity contribution in [3.8, 4) is 0 Å². The number of hydrogen-bond donors (Lipinski definition) is 1. The van der Waals surface area contributed by atoms with Gasteiger partial charge in [0.25, 0.3) is 0 Å². The van der Waals surface area contributed by atoms with Crippen molar-refractivity contribution in [1.29, 1.82) is 0 Å². The van der Waals surface area contributed by atoms with E-state index in [1.54, 1.807) is 20.9 Å². The van der Waals surface area contributed by atoms with E-state index in [0.29, 0.717) is 19.6 Å². The lowest BCUT2D eigenvalue weighted by atomic mass is 10.1. The number of aliphatic imine (C=N–C) groups is 1. The van der Waals surface area contributed by atoms with E-state index in [0.717, 1.165) is 30.4 Å². The van der Waals surface area contributed by atoms with Gasteiger partial charge in [-0.25, -0.2) is 13.4 Å². The first-order valence-electron chi connectivity index (χ1n) is 9.70. The van der Waals surface area contributed by atoms with Gasteiger partial charge < -0.3 is 15.1 Å². The van der Waals surface area contributed by atoms with Crippen LogP contribution in [-0.4, -0.2) is 68.0 Å². The van der Waals surface area contributed by atoms with Crippen LogP contribution in [0.25, 0.3) is 0 Å². The number of nitrogens with zero attached hydrogens (tertiary/aromatic N) is 4. The fourth-order valence-electron chi connectivity index (χ4n) is 3.67. The lowest BCUT2D eigenvalue weighted by Crippen LogP contribution is -2.57. The summed E-state index contributed by atoms with van der Waals surface area (Å²) >= 11 is 0. The highest BCUT2D eigenvalue weighted by atomic mass is 32.2. The number of guanidine groups is 1. The average Bonchev–Trinajstić information content (AvgIpc) is 2.66. The summed E-state index contributed by atoms with van der Waals surface area (Å²) in [6.45, 7) is 7.27. The Hall–Kier alpha value is -1.83. The third-order valence-corrected chi connectivity index (χ3v) is 8.03. The number of sulfone groups is 1. The monoisotopic (exact) mass is 393 g/mol. The van der Waals surface area contributed by atoms with Crippen molar-refractivity contribution in [2.24, 2.45) is 4.99 Å². The molecular weight excluding hydrogens is 362 g/mol. The van der Waals surface area contributed by atoms with Crippen molar-refractivity contribution in [3.05, 3.63) is 23.9 Å². The van der Waals surface area contributed by atoms with Crippen molar-refractivity contribution in [2.45, 2.75) is 44.4 Å². The second kappa shape index (κ2) is 8.04. The largest absolute Gasteiger partial charge is 0.357 e. The molecule has 2 saturated heterocycles. The Labute approximate surface area is 162 Å². The van der Waals surface area contributed by atoms with Gasteiger partial charge in [-0.2, -0.15) is 0 Å². The molecule has 0 amide bonds. The number of aromatic nitrogens is 1. The number of rotatable bonds is 3. The van der Waals surface area contributed by atoms with E-state index < -0.39 is 14.6 Å². The molecule has 150 valence electrons. The van der Waals surface area contributed by atoms with E-state index in [-0.39, 0.29) is 5.75 Å². The first kappa shape index (κ1) is 19.9. The summed E-state index contributed by atoms with van der Waals surface area (Å²) in [7, 11) is -1.33. The highest BCUT2D eigenvalue weighted by molar-refractivity contribution is 7.92. The molecule has 27 heavy (non-hydrogen) atoms. The average molecular weight is 394 g/mol. The molecule has 0 unspecified atom stereocenters. The molecule has 2 fully saturated rings. The topological polar surface area (TPSA) is 77.9 Å². The van der Waals surface area contributed by atoms with Crippen LogP contribution in [-0.2, 0) is 16.4 Å².